The van der Waals surface area contributed by atoms with Crippen LogP contribution < -0.4 is 15.8 Å². The molecule has 0 radical (unpaired) electrons. The molecule has 31 heavy (non-hydrogen) atoms. The summed E-state index contributed by atoms with van der Waals surface area (Å²) in [7, 11) is 0. The number of nitrogen functional groups attached to an aromatic ring is 1. The number of hydrogen-bond donors (Lipinski definition) is 2. The molecular formula is C23H32N6O2. The summed E-state index contributed by atoms with van der Waals surface area (Å²) in [6.07, 6.45) is 4.50. The Hall–Kier alpha value is -2.87. The molecule has 2 aliphatic rings. The van der Waals surface area contributed by atoms with E-state index in [-0.39, 0.29) is 23.9 Å². The number of likely N-dealkylation sites (tertiary alicyclic amines) is 1. The molecule has 3 N–H and O–H groups in total. The van der Waals surface area contributed by atoms with Gasteiger partial charge in [0, 0.05) is 13.1 Å². The molecule has 1 atom stereocenters. The van der Waals surface area contributed by atoms with Crippen LogP contribution in [0.25, 0.3) is 0 Å². The van der Waals surface area contributed by atoms with Crippen LogP contribution >= 0.6 is 0 Å². The number of carbonyl (C=O) groups excluding carboxylic acids is 1. The second kappa shape index (κ2) is 9.51. The second-order valence-corrected chi connectivity index (χ2v) is 8.39. The van der Waals surface area contributed by atoms with Crippen molar-refractivity contribution in [2.45, 2.75) is 58.7 Å². The van der Waals surface area contributed by atoms with Crippen molar-refractivity contribution in [1.29, 1.82) is 0 Å². The van der Waals surface area contributed by atoms with E-state index in [4.69, 9.17) is 10.5 Å². The van der Waals surface area contributed by atoms with Crippen molar-refractivity contribution in [3.8, 4) is 6.01 Å². The molecule has 166 valence electrons. The minimum absolute atomic E-state index is 0.195. The number of carbonyl (C=O) groups is 1. The van der Waals surface area contributed by atoms with Gasteiger partial charge in [0.1, 0.15) is 5.69 Å². The Morgan fingerprint density at radius 2 is 1.94 bits per heavy atom. The maximum atomic E-state index is 12.8. The van der Waals surface area contributed by atoms with E-state index in [1.165, 1.54) is 18.4 Å². The van der Waals surface area contributed by atoms with Gasteiger partial charge < -0.3 is 20.7 Å². The molecule has 1 aromatic heterocycles. The van der Waals surface area contributed by atoms with Crippen LogP contribution in [0.3, 0.4) is 0 Å². The fourth-order valence-corrected chi connectivity index (χ4v) is 4.21. The zero-order chi connectivity index (χ0) is 21.8. The summed E-state index contributed by atoms with van der Waals surface area (Å²) in [5, 5.41) is 2.87. The molecule has 1 unspecified atom stereocenters. The fraction of sp³-hybridized carbons (Fsp3) is 0.522. The molecule has 1 aromatic carbocycles. The molecular weight excluding hydrogens is 392 g/mol. The molecule has 1 saturated heterocycles. The van der Waals surface area contributed by atoms with Gasteiger partial charge in [-0.15, -0.1) is 0 Å². The highest BCUT2D eigenvalue weighted by Gasteiger charge is 2.33. The summed E-state index contributed by atoms with van der Waals surface area (Å²) in [5.41, 5.74) is 9.65. The minimum atomic E-state index is -0.246. The van der Waals surface area contributed by atoms with Gasteiger partial charge in [0.05, 0.1) is 18.3 Å². The van der Waals surface area contributed by atoms with Crippen LogP contribution in [-0.4, -0.2) is 45.5 Å². The summed E-state index contributed by atoms with van der Waals surface area (Å²) in [6.45, 7) is 8.39. The van der Waals surface area contributed by atoms with Crippen molar-refractivity contribution >= 4 is 17.5 Å². The first-order valence-electron chi connectivity index (χ1n) is 11.2. The van der Waals surface area contributed by atoms with Crippen molar-refractivity contribution in [2.75, 3.05) is 30.7 Å². The van der Waals surface area contributed by atoms with Gasteiger partial charge in [0.25, 0.3) is 0 Å². The van der Waals surface area contributed by atoms with Crippen molar-refractivity contribution < 1.29 is 9.53 Å². The number of fused-ring (bicyclic) bond motifs is 1. The van der Waals surface area contributed by atoms with E-state index < -0.39 is 0 Å². The van der Waals surface area contributed by atoms with Crippen molar-refractivity contribution in [3.05, 3.63) is 41.1 Å². The normalized spacial score (nSPS) is 18.7. The number of urea groups is 1. The highest BCUT2D eigenvalue weighted by Crippen LogP contribution is 2.36. The van der Waals surface area contributed by atoms with Crippen LogP contribution in [-0.2, 0) is 13.1 Å². The second-order valence-electron chi connectivity index (χ2n) is 8.39. The minimum Gasteiger partial charge on any atom is -0.463 e. The predicted octanol–water partition coefficient (Wildman–Crippen LogP) is 3.94. The number of benzene rings is 1. The molecule has 8 heteroatoms. The van der Waals surface area contributed by atoms with Gasteiger partial charge in [-0.3, -0.25) is 4.90 Å². The summed E-state index contributed by atoms with van der Waals surface area (Å²) < 4.78 is 5.66. The Morgan fingerprint density at radius 3 is 2.68 bits per heavy atom. The lowest BCUT2D eigenvalue weighted by Crippen LogP contribution is -2.41. The zero-order valence-corrected chi connectivity index (χ0v) is 18.4. The predicted molar refractivity (Wildman–Crippen MR) is 121 cm³/mol. The topological polar surface area (TPSA) is 96.6 Å². The molecule has 2 aliphatic heterocycles. The van der Waals surface area contributed by atoms with Gasteiger partial charge in [-0.25, -0.2) is 4.79 Å². The molecule has 0 bridgehead atoms. The average Bonchev–Trinajstić information content (AvgIpc) is 3.26. The molecule has 3 heterocycles. The lowest BCUT2D eigenvalue weighted by molar-refractivity contribution is 0.183. The van der Waals surface area contributed by atoms with Gasteiger partial charge in [0.2, 0.25) is 0 Å². The maximum absolute atomic E-state index is 12.8. The Bertz CT molecular complexity index is 928. The molecule has 1 fully saturated rings. The van der Waals surface area contributed by atoms with E-state index in [9.17, 15) is 4.79 Å². The SMILES string of the molecule is CCCCOc1nc(N)c2c(n1)C(C)N(Cc1cccc(CN3CCCC3)c1)C(=O)N2. The number of nitrogens with one attached hydrogen (secondary N) is 1. The van der Waals surface area contributed by atoms with Gasteiger partial charge in [-0.2, -0.15) is 9.97 Å². The summed E-state index contributed by atoms with van der Waals surface area (Å²) in [6, 6.07) is 8.31. The number of unbranched alkanes of at least 4 members (excludes halogenated alkanes) is 1. The molecule has 0 saturated carbocycles. The van der Waals surface area contributed by atoms with Crippen LogP contribution in [0.2, 0.25) is 0 Å². The first-order valence-corrected chi connectivity index (χ1v) is 11.2. The lowest BCUT2D eigenvalue weighted by Gasteiger charge is -2.35. The highest BCUT2D eigenvalue weighted by atomic mass is 16.5. The van der Waals surface area contributed by atoms with Crippen molar-refractivity contribution in [3.63, 3.8) is 0 Å². The zero-order valence-electron chi connectivity index (χ0n) is 18.4. The van der Waals surface area contributed by atoms with E-state index in [0.29, 0.717) is 24.5 Å². The fourth-order valence-electron chi connectivity index (χ4n) is 4.21. The van der Waals surface area contributed by atoms with Crippen LogP contribution in [0, 0.1) is 0 Å². The summed E-state index contributed by atoms with van der Waals surface area (Å²) in [4.78, 5) is 25.9. The molecule has 2 amide bonds. The van der Waals surface area contributed by atoms with E-state index >= 15 is 0 Å². The third-order valence-corrected chi connectivity index (χ3v) is 5.98. The molecule has 2 aromatic rings. The highest BCUT2D eigenvalue weighted by molar-refractivity contribution is 5.95. The van der Waals surface area contributed by atoms with E-state index in [1.54, 1.807) is 4.90 Å². The average molecular weight is 425 g/mol. The molecule has 0 aliphatic carbocycles. The number of nitrogens with zero attached hydrogens (tertiary/aromatic N) is 4. The largest absolute Gasteiger partial charge is 0.463 e. The van der Waals surface area contributed by atoms with Crippen molar-refractivity contribution in [2.24, 2.45) is 0 Å². The Labute approximate surface area is 183 Å². The molecule has 0 spiro atoms. The van der Waals surface area contributed by atoms with Crippen LogP contribution in [0.15, 0.2) is 24.3 Å². The van der Waals surface area contributed by atoms with Crippen molar-refractivity contribution in [1.82, 2.24) is 19.8 Å². The van der Waals surface area contributed by atoms with Gasteiger partial charge in [-0.1, -0.05) is 37.6 Å². The Kier molecular flexibility index (Phi) is 6.56. The number of nitrogens with two attached hydrogens (primary N) is 1. The standard InChI is InChI=1S/C23H32N6O2/c1-3-4-12-31-22-25-19-16(2)29(23(30)26-20(19)21(24)27-22)15-18-9-7-8-17(13-18)14-28-10-5-6-11-28/h7-9,13,16H,3-6,10-12,14-15H2,1-2H3,(H,26,30)(H2,24,25,27). The summed E-state index contributed by atoms with van der Waals surface area (Å²) >= 11 is 0. The third kappa shape index (κ3) is 4.90. The Balaban J connectivity index is 1.51. The quantitative estimate of drug-likeness (QED) is 0.623. The number of anilines is 2. The van der Waals surface area contributed by atoms with Gasteiger partial charge in [0.15, 0.2) is 5.82 Å². The smallest absolute Gasteiger partial charge is 0.322 e. The van der Waals surface area contributed by atoms with Gasteiger partial charge >= 0.3 is 12.0 Å². The molecule has 8 nitrogen and oxygen atoms in total. The van der Waals surface area contributed by atoms with Crippen LogP contribution in [0.5, 0.6) is 6.01 Å². The van der Waals surface area contributed by atoms with E-state index in [2.05, 4.69) is 51.4 Å². The lowest BCUT2D eigenvalue weighted by atomic mass is 10.1. The van der Waals surface area contributed by atoms with E-state index in [1.807, 2.05) is 6.92 Å². The number of amides is 2. The number of ether oxygens (including phenoxy) is 1. The first kappa shape index (κ1) is 21.4. The first-order chi connectivity index (χ1) is 15.0. The van der Waals surface area contributed by atoms with E-state index in [0.717, 1.165) is 38.0 Å². The van der Waals surface area contributed by atoms with Crippen LogP contribution in [0.4, 0.5) is 16.3 Å². The maximum Gasteiger partial charge on any atom is 0.322 e. The van der Waals surface area contributed by atoms with Gasteiger partial charge in [-0.05, 0) is 50.4 Å². The number of aromatic nitrogens is 2. The number of hydrogen-bond acceptors (Lipinski definition) is 6. The summed E-state index contributed by atoms with van der Waals surface area (Å²) in [5.74, 6) is 0.240. The monoisotopic (exact) mass is 424 g/mol. The Morgan fingerprint density at radius 1 is 1.19 bits per heavy atom. The number of rotatable bonds is 8. The molecule has 4 rings (SSSR count). The van der Waals surface area contributed by atoms with Crippen LogP contribution in [0.1, 0.15) is 62.4 Å². The third-order valence-electron chi connectivity index (χ3n) is 5.98.